The monoisotopic (exact) mass is 415 g/mol. The number of hydrogen-bond donors (Lipinski definition) is 1. The van der Waals surface area contributed by atoms with Crippen LogP contribution in [0.25, 0.3) is 0 Å². The highest BCUT2D eigenvalue weighted by molar-refractivity contribution is 5.74. The normalized spacial score (nSPS) is 20.7. The second kappa shape index (κ2) is 12.2. The van der Waals surface area contributed by atoms with Crippen LogP contribution in [0.15, 0.2) is 24.3 Å². The number of likely N-dealkylation sites (tertiary alicyclic amines) is 1. The minimum atomic E-state index is 0.0995. The Hall–Kier alpha value is -1.75. The lowest BCUT2D eigenvalue weighted by molar-refractivity contribution is 0.147. The van der Waals surface area contributed by atoms with Gasteiger partial charge in [-0.05, 0) is 70.2 Å². The zero-order valence-corrected chi connectivity index (χ0v) is 19.1. The van der Waals surface area contributed by atoms with E-state index in [0.717, 1.165) is 43.7 Å². The quantitative estimate of drug-likeness (QED) is 0.603. The summed E-state index contributed by atoms with van der Waals surface area (Å²) in [6.07, 6.45) is 11.0. The summed E-state index contributed by atoms with van der Waals surface area (Å²) in [5, 5.41) is 3.32. The number of amides is 2. The molecule has 1 saturated heterocycles. The Bertz CT molecular complexity index is 628. The van der Waals surface area contributed by atoms with E-state index in [4.69, 9.17) is 4.74 Å². The molecule has 2 amide bonds. The SMILES string of the molecule is CCOc1ccc(CN(CCCN2CCCCC2C)C(=O)NC2CCCCC2)cc1. The van der Waals surface area contributed by atoms with Gasteiger partial charge in [-0.1, -0.05) is 37.8 Å². The maximum absolute atomic E-state index is 13.1. The van der Waals surface area contributed by atoms with Crippen LogP contribution in [0.5, 0.6) is 5.75 Å². The van der Waals surface area contributed by atoms with Crippen LogP contribution >= 0.6 is 0 Å². The van der Waals surface area contributed by atoms with E-state index in [1.807, 2.05) is 24.0 Å². The molecule has 30 heavy (non-hydrogen) atoms. The van der Waals surface area contributed by atoms with E-state index < -0.39 is 0 Å². The maximum Gasteiger partial charge on any atom is 0.317 e. The first-order valence-electron chi connectivity index (χ1n) is 12.2. The van der Waals surface area contributed by atoms with Gasteiger partial charge in [0.05, 0.1) is 6.61 Å². The molecule has 1 atom stereocenters. The molecule has 168 valence electrons. The number of benzene rings is 1. The summed E-state index contributed by atoms with van der Waals surface area (Å²) in [6.45, 7) is 8.74. The van der Waals surface area contributed by atoms with E-state index in [2.05, 4.69) is 29.3 Å². The number of nitrogens with one attached hydrogen (secondary N) is 1. The second-order valence-corrected chi connectivity index (χ2v) is 9.02. The number of ether oxygens (including phenoxy) is 1. The van der Waals surface area contributed by atoms with Gasteiger partial charge < -0.3 is 19.9 Å². The topological polar surface area (TPSA) is 44.8 Å². The molecule has 1 N–H and O–H groups in total. The number of carbonyl (C=O) groups excluding carboxylic acids is 1. The van der Waals surface area contributed by atoms with Gasteiger partial charge in [0, 0.05) is 31.7 Å². The molecule has 0 bridgehead atoms. The molecular weight excluding hydrogens is 374 g/mol. The number of urea groups is 1. The van der Waals surface area contributed by atoms with Crippen LogP contribution in [0, 0.1) is 0 Å². The molecule has 2 fully saturated rings. The summed E-state index contributed by atoms with van der Waals surface area (Å²) >= 11 is 0. The van der Waals surface area contributed by atoms with Crippen molar-refractivity contribution in [3.05, 3.63) is 29.8 Å². The van der Waals surface area contributed by atoms with E-state index >= 15 is 0 Å². The van der Waals surface area contributed by atoms with Crippen molar-refractivity contribution < 1.29 is 9.53 Å². The lowest BCUT2D eigenvalue weighted by Gasteiger charge is -2.34. The van der Waals surface area contributed by atoms with Crippen molar-refractivity contribution in [1.29, 1.82) is 0 Å². The van der Waals surface area contributed by atoms with Crippen LogP contribution in [0.4, 0.5) is 4.79 Å². The highest BCUT2D eigenvalue weighted by Gasteiger charge is 2.22. The highest BCUT2D eigenvalue weighted by atomic mass is 16.5. The van der Waals surface area contributed by atoms with Crippen molar-refractivity contribution in [2.75, 3.05) is 26.2 Å². The Balaban J connectivity index is 1.57. The van der Waals surface area contributed by atoms with Crippen molar-refractivity contribution in [3.8, 4) is 5.75 Å². The predicted molar refractivity (Wildman–Crippen MR) is 123 cm³/mol. The first-order valence-corrected chi connectivity index (χ1v) is 12.2. The lowest BCUT2D eigenvalue weighted by atomic mass is 9.96. The van der Waals surface area contributed by atoms with Gasteiger partial charge in [-0.2, -0.15) is 0 Å². The lowest BCUT2D eigenvalue weighted by Crippen LogP contribution is -2.46. The van der Waals surface area contributed by atoms with E-state index in [0.29, 0.717) is 25.2 Å². The standard InChI is InChI=1S/C25H41N3O2/c1-3-30-24-15-13-22(14-16-24)20-28(25(29)26-23-11-5-4-6-12-23)19-9-18-27-17-8-7-10-21(27)2/h13-16,21,23H,3-12,17-20H2,1-2H3,(H,26,29). The number of carbonyl (C=O) groups is 1. The molecule has 0 aromatic heterocycles. The van der Waals surface area contributed by atoms with Crippen molar-refractivity contribution in [2.24, 2.45) is 0 Å². The first-order chi connectivity index (χ1) is 14.7. The van der Waals surface area contributed by atoms with E-state index in [9.17, 15) is 4.79 Å². The molecule has 5 nitrogen and oxygen atoms in total. The molecule has 3 rings (SSSR count). The van der Waals surface area contributed by atoms with Gasteiger partial charge in [-0.3, -0.25) is 0 Å². The van der Waals surface area contributed by atoms with Gasteiger partial charge in [-0.25, -0.2) is 4.79 Å². The zero-order valence-electron chi connectivity index (χ0n) is 19.1. The molecule has 1 saturated carbocycles. The van der Waals surface area contributed by atoms with E-state index in [1.165, 1.54) is 45.1 Å². The maximum atomic E-state index is 13.1. The van der Waals surface area contributed by atoms with Gasteiger partial charge in [0.25, 0.3) is 0 Å². The average molecular weight is 416 g/mol. The molecule has 5 heteroatoms. The summed E-state index contributed by atoms with van der Waals surface area (Å²) in [6, 6.07) is 9.29. The molecule has 1 unspecified atom stereocenters. The summed E-state index contributed by atoms with van der Waals surface area (Å²) in [7, 11) is 0. The van der Waals surface area contributed by atoms with Crippen molar-refractivity contribution >= 4 is 6.03 Å². The predicted octanol–water partition coefficient (Wildman–Crippen LogP) is 5.19. The van der Waals surface area contributed by atoms with Crippen LogP contribution < -0.4 is 10.1 Å². The van der Waals surface area contributed by atoms with Gasteiger partial charge >= 0.3 is 6.03 Å². The van der Waals surface area contributed by atoms with Crippen molar-refractivity contribution in [2.45, 2.75) is 90.3 Å². The molecule has 1 heterocycles. The molecular formula is C25H41N3O2. The molecule has 1 aromatic carbocycles. The highest BCUT2D eigenvalue weighted by Crippen LogP contribution is 2.19. The molecule has 1 aliphatic carbocycles. The smallest absolute Gasteiger partial charge is 0.317 e. The Kier molecular flexibility index (Phi) is 9.31. The van der Waals surface area contributed by atoms with Crippen LogP contribution in [-0.4, -0.2) is 54.2 Å². The van der Waals surface area contributed by atoms with E-state index in [1.54, 1.807) is 0 Å². The van der Waals surface area contributed by atoms with Crippen molar-refractivity contribution in [1.82, 2.24) is 15.1 Å². The van der Waals surface area contributed by atoms with Gasteiger partial charge in [-0.15, -0.1) is 0 Å². The minimum Gasteiger partial charge on any atom is -0.494 e. The third-order valence-electron chi connectivity index (χ3n) is 6.64. The second-order valence-electron chi connectivity index (χ2n) is 9.02. The third kappa shape index (κ3) is 7.19. The van der Waals surface area contributed by atoms with Gasteiger partial charge in [0.1, 0.15) is 5.75 Å². The Labute approximate surface area is 183 Å². The summed E-state index contributed by atoms with van der Waals surface area (Å²) in [5.41, 5.74) is 1.16. The molecule has 0 spiro atoms. The molecule has 2 aliphatic rings. The van der Waals surface area contributed by atoms with Crippen molar-refractivity contribution in [3.63, 3.8) is 0 Å². The fourth-order valence-electron chi connectivity index (χ4n) is 4.80. The van der Waals surface area contributed by atoms with Gasteiger partial charge in [0.15, 0.2) is 0 Å². The third-order valence-corrected chi connectivity index (χ3v) is 6.64. The number of piperidine rings is 1. The largest absolute Gasteiger partial charge is 0.494 e. The molecule has 1 aliphatic heterocycles. The minimum absolute atomic E-state index is 0.0995. The summed E-state index contributed by atoms with van der Waals surface area (Å²) < 4.78 is 5.56. The van der Waals surface area contributed by atoms with E-state index in [-0.39, 0.29) is 6.03 Å². The average Bonchev–Trinajstić information content (AvgIpc) is 2.76. The molecule has 1 aromatic rings. The fraction of sp³-hybridized carbons (Fsp3) is 0.720. The van der Waals surface area contributed by atoms with Crippen LogP contribution in [-0.2, 0) is 6.54 Å². The number of hydrogen-bond acceptors (Lipinski definition) is 3. The first kappa shape index (κ1) is 22.9. The van der Waals surface area contributed by atoms with Crippen LogP contribution in [0.3, 0.4) is 0 Å². The fourth-order valence-corrected chi connectivity index (χ4v) is 4.80. The van der Waals surface area contributed by atoms with Crippen LogP contribution in [0.1, 0.15) is 77.2 Å². The summed E-state index contributed by atoms with van der Waals surface area (Å²) in [4.78, 5) is 17.7. The Morgan fingerprint density at radius 2 is 1.83 bits per heavy atom. The van der Waals surface area contributed by atoms with Gasteiger partial charge in [0.2, 0.25) is 0 Å². The Morgan fingerprint density at radius 1 is 1.10 bits per heavy atom. The number of rotatable bonds is 9. The summed E-state index contributed by atoms with van der Waals surface area (Å²) in [5.74, 6) is 0.888. The Morgan fingerprint density at radius 3 is 2.53 bits per heavy atom. The van der Waals surface area contributed by atoms with Crippen LogP contribution in [0.2, 0.25) is 0 Å². The zero-order chi connectivity index (χ0) is 21.2. The number of nitrogens with zero attached hydrogens (tertiary/aromatic N) is 2. The molecule has 0 radical (unpaired) electrons.